The van der Waals surface area contributed by atoms with Crippen LogP contribution in [-0.2, 0) is 16.1 Å². The number of ketones is 1. The summed E-state index contributed by atoms with van der Waals surface area (Å²) in [5.41, 5.74) is 7.46. The molecule has 1 aliphatic rings. The molecule has 212 valence electrons. The lowest BCUT2D eigenvalue weighted by Crippen LogP contribution is -2.44. The van der Waals surface area contributed by atoms with Crippen LogP contribution in [0.2, 0.25) is 0 Å². The van der Waals surface area contributed by atoms with Gasteiger partial charge in [-0.2, -0.15) is 0 Å². The van der Waals surface area contributed by atoms with Gasteiger partial charge in [0.1, 0.15) is 5.69 Å². The predicted octanol–water partition coefficient (Wildman–Crippen LogP) is 2.86. The van der Waals surface area contributed by atoms with Crippen molar-refractivity contribution in [1.82, 2.24) is 25.1 Å². The zero-order valence-corrected chi connectivity index (χ0v) is 23.2. The molecule has 0 bridgehead atoms. The van der Waals surface area contributed by atoms with Gasteiger partial charge in [-0.25, -0.2) is 4.98 Å². The number of amides is 2. The molecule has 2 aromatic heterocycles. The van der Waals surface area contributed by atoms with E-state index >= 15 is 0 Å². The van der Waals surface area contributed by atoms with E-state index < -0.39 is 11.8 Å². The van der Waals surface area contributed by atoms with Gasteiger partial charge in [-0.1, -0.05) is 37.3 Å². The summed E-state index contributed by atoms with van der Waals surface area (Å²) in [7, 11) is 2.10. The summed E-state index contributed by atoms with van der Waals surface area (Å²) in [5.74, 6) is -0.820. The molecule has 1 fully saturated rings. The maximum absolute atomic E-state index is 14.1. The van der Waals surface area contributed by atoms with Gasteiger partial charge in [0.2, 0.25) is 23.5 Å². The first-order valence-electron chi connectivity index (χ1n) is 13.7. The Morgan fingerprint density at radius 1 is 1.02 bits per heavy atom. The summed E-state index contributed by atoms with van der Waals surface area (Å²) in [6, 6.07) is 13.1. The topological polar surface area (TPSA) is 135 Å². The third kappa shape index (κ3) is 8.06. The van der Waals surface area contributed by atoms with E-state index in [9.17, 15) is 14.4 Å². The highest BCUT2D eigenvalue weighted by atomic mass is 16.4. The number of primary amides is 1. The lowest BCUT2D eigenvalue weighted by Gasteiger charge is -2.31. The van der Waals surface area contributed by atoms with Gasteiger partial charge in [-0.05, 0) is 37.1 Å². The standard InChI is InChI=1S/C30H38N6O4/c1-21(18-26(31)37)19-27(38)33-13-10-24(22-6-4-3-5-7-22)28(39)29-25(20-36-16-14-35(2)15-17-36)34-30(40-29)23-8-11-32-12-9-23/h3-9,11-12,21,24H,10,13-20H2,1-2H3,(H2,31,37)(H,33,38). The lowest BCUT2D eigenvalue weighted by atomic mass is 9.89. The number of pyridine rings is 1. The van der Waals surface area contributed by atoms with Gasteiger partial charge >= 0.3 is 0 Å². The quantitative estimate of drug-likeness (QED) is 0.313. The molecule has 10 heteroatoms. The van der Waals surface area contributed by atoms with E-state index in [1.165, 1.54) is 0 Å². The largest absolute Gasteiger partial charge is 0.433 e. The van der Waals surface area contributed by atoms with Crippen molar-refractivity contribution in [2.75, 3.05) is 39.8 Å². The number of carbonyl (C=O) groups excluding carboxylic acids is 3. The van der Waals surface area contributed by atoms with Crippen molar-refractivity contribution in [3.05, 3.63) is 71.9 Å². The maximum Gasteiger partial charge on any atom is 0.227 e. The second-order valence-electron chi connectivity index (χ2n) is 10.6. The van der Waals surface area contributed by atoms with E-state index in [1.54, 1.807) is 12.4 Å². The first-order chi connectivity index (χ1) is 19.3. The number of nitrogens with one attached hydrogen (secondary N) is 1. The van der Waals surface area contributed by atoms with Crippen molar-refractivity contribution in [3.8, 4) is 11.5 Å². The molecule has 4 rings (SSSR count). The van der Waals surface area contributed by atoms with Crippen LogP contribution in [0.1, 0.15) is 53.9 Å². The number of piperazine rings is 1. The van der Waals surface area contributed by atoms with Crippen LogP contribution >= 0.6 is 0 Å². The molecule has 3 N–H and O–H groups in total. The molecule has 1 aliphatic heterocycles. The van der Waals surface area contributed by atoms with Crippen LogP contribution < -0.4 is 11.1 Å². The zero-order valence-electron chi connectivity index (χ0n) is 23.2. The van der Waals surface area contributed by atoms with Crippen LogP contribution in [0.15, 0.2) is 59.3 Å². The van der Waals surface area contributed by atoms with E-state index in [2.05, 4.69) is 27.1 Å². The Morgan fingerprint density at radius 2 is 1.73 bits per heavy atom. The number of rotatable bonds is 13. The van der Waals surface area contributed by atoms with Crippen LogP contribution in [0.25, 0.3) is 11.5 Å². The molecular weight excluding hydrogens is 508 g/mol. The number of hydrogen-bond acceptors (Lipinski definition) is 8. The van der Waals surface area contributed by atoms with Gasteiger partial charge in [0.25, 0.3) is 0 Å². The minimum atomic E-state index is -0.533. The monoisotopic (exact) mass is 546 g/mol. The molecule has 3 heterocycles. The average molecular weight is 547 g/mol. The van der Waals surface area contributed by atoms with E-state index in [1.807, 2.05) is 49.4 Å². The third-order valence-corrected chi connectivity index (χ3v) is 7.17. The van der Waals surface area contributed by atoms with Gasteiger partial charge in [-0.15, -0.1) is 0 Å². The van der Waals surface area contributed by atoms with Crippen molar-refractivity contribution < 1.29 is 18.8 Å². The first kappa shape index (κ1) is 29.1. The summed E-state index contributed by atoms with van der Waals surface area (Å²) in [6.07, 6.45) is 4.07. The van der Waals surface area contributed by atoms with Crippen LogP contribution in [0, 0.1) is 5.92 Å². The highest BCUT2D eigenvalue weighted by Crippen LogP contribution is 2.30. The molecule has 0 saturated carbocycles. The normalized spacial score (nSPS) is 15.8. The van der Waals surface area contributed by atoms with Crippen molar-refractivity contribution in [3.63, 3.8) is 0 Å². The van der Waals surface area contributed by atoms with Gasteiger partial charge in [0, 0.05) is 70.1 Å². The molecule has 40 heavy (non-hydrogen) atoms. The fourth-order valence-electron chi connectivity index (χ4n) is 4.94. The van der Waals surface area contributed by atoms with Crippen LogP contribution in [0.5, 0.6) is 0 Å². The highest BCUT2D eigenvalue weighted by Gasteiger charge is 2.30. The zero-order chi connectivity index (χ0) is 28.5. The Kier molecular flexibility index (Phi) is 10.2. The molecule has 2 unspecified atom stereocenters. The summed E-state index contributed by atoms with van der Waals surface area (Å²) < 4.78 is 6.19. The summed E-state index contributed by atoms with van der Waals surface area (Å²) in [6.45, 7) is 6.28. The third-order valence-electron chi connectivity index (χ3n) is 7.17. The van der Waals surface area contributed by atoms with Gasteiger partial charge in [-0.3, -0.25) is 24.3 Å². The summed E-state index contributed by atoms with van der Waals surface area (Å²) in [5, 5.41) is 2.90. The van der Waals surface area contributed by atoms with E-state index in [4.69, 9.17) is 15.1 Å². The minimum Gasteiger partial charge on any atom is -0.433 e. The number of likely N-dealkylation sites (N-methyl/N-ethyl adjacent to an activating group) is 1. The van der Waals surface area contributed by atoms with Gasteiger partial charge in [0.05, 0.1) is 5.92 Å². The molecular formula is C30H38N6O4. The van der Waals surface area contributed by atoms with E-state index in [0.717, 1.165) is 37.3 Å². The fourth-order valence-corrected chi connectivity index (χ4v) is 4.94. The molecule has 10 nitrogen and oxygen atoms in total. The number of benzene rings is 1. The molecule has 0 spiro atoms. The average Bonchev–Trinajstić information content (AvgIpc) is 3.36. The highest BCUT2D eigenvalue weighted by molar-refractivity contribution is 6.00. The number of Topliss-reactive ketones (excluding diaryl/α,β-unsaturated/α-hetero) is 1. The number of aromatic nitrogens is 2. The van der Waals surface area contributed by atoms with Crippen molar-refractivity contribution in [2.24, 2.45) is 11.7 Å². The second-order valence-corrected chi connectivity index (χ2v) is 10.6. The Hall–Kier alpha value is -3.89. The fraction of sp³-hybridized carbons (Fsp3) is 0.433. The molecule has 0 radical (unpaired) electrons. The molecule has 2 atom stereocenters. The number of nitrogens with zero attached hydrogens (tertiary/aromatic N) is 4. The Morgan fingerprint density at radius 3 is 2.40 bits per heavy atom. The number of oxazole rings is 1. The minimum absolute atomic E-state index is 0.151. The second kappa shape index (κ2) is 14.0. The SMILES string of the molecule is CC(CC(N)=O)CC(=O)NCCC(C(=O)c1oc(-c2ccncc2)nc1CN1CCN(C)CC1)c1ccccc1. The van der Waals surface area contributed by atoms with Crippen LogP contribution in [-0.4, -0.2) is 77.1 Å². The van der Waals surface area contributed by atoms with Crippen molar-refractivity contribution >= 4 is 17.6 Å². The number of carbonyl (C=O) groups is 3. The Labute approximate surface area is 235 Å². The van der Waals surface area contributed by atoms with Gasteiger partial charge in [0.15, 0.2) is 5.76 Å². The van der Waals surface area contributed by atoms with E-state index in [-0.39, 0.29) is 36.2 Å². The smallest absolute Gasteiger partial charge is 0.227 e. The van der Waals surface area contributed by atoms with Crippen molar-refractivity contribution in [1.29, 1.82) is 0 Å². The predicted molar refractivity (Wildman–Crippen MR) is 151 cm³/mol. The van der Waals surface area contributed by atoms with E-state index in [0.29, 0.717) is 31.1 Å². The Balaban J connectivity index is 1.55. The molecule has 0 aliphatic carbocycles. The maximum atomic E-state index is 14.1. The summed E-state index contributed by atoms with van der Waals surface area (Å²) >= 11 is 0. The van der Waals surface area contributed by atoms with Crippen LogP contribution in [0.4, 0.5) is 0 Å². The molecule has 1 aromatic carbocycles. The first-order valence-corrected chi connectivity index (χ1v) is 13.7. The molecule has 3 aromatic rings. The van der Waals surface area contributed by atoms with Crippen LogP contribution in [0.3, 0.4) is 0 Å². The number of hydrogen-bond donors (Lipinski definition) is 2. The van der Waals surface area contributed by atoms with Crippen molar-refractivity contribution in [2.45, 2.75) is 38.6 Å². The lowest BCUT2D eigenvalue weighted by molar-refractivity contribution is -0.122. The summed E-state index contributed by atoms with van der Waals surface area (Å²) in [4.78, 5) is 51.2. The molecule has 1 saturated heterocycles. The Bertz CT molecular complexity index is 1270. The molecule has 2 amide bonds. The number of nitrogens with two attached hydrogens (primary N) is 1. The van der Waals surface area contributed by atoms with Gasteiger partial charge < -0.3 is 20.4 Å².